The first-order valence-corrected chi connectivity index (χ1v) is 5.62. The van der Waals surface area contributed by atoms with Gasteiger partial charge in [0.25, 0.3) is 0 Å². The SMILES string of the molecule is Cc1cnn(CCNCC2CCOC2)c1. The van der Waals surface area contributed by atoms with Crippen LogP contribution in [0.4, 0.5) is 0 Å². The van der Waals surface area contributed by atoms with Crippen molar-refractivity contribution in [2.45, 2.75) is 19.9 Å². The Labute approximate surface area is 90.6 Å². The van der Waals surface area contributed by atoms with Crippen molar-refractivity contribution in [1.29, 1.82) is 0 Å². The lowest BCUT2D eigenvalue weighted by atomic mass is 10.1. The Morgan fingerprint density at radius 2 is 2.60 bits per heavy atom. The molecule has 1 aromatic heterocycles. The number of hydrogen-bond donors (Lipinski definition) is 1. The van der Waals surface area contributed by atoms with E-state index in [0.29, 0.717) is 5.92 Å². The van der Waals surface area contributed by atoms with Crippen LogP contribution in [-0.2, 0) is 11.3 Å². The lowest BCUT2D eigenvalue weighted by Crippen LogP contribution is -2.26. The summed E-state index contributed by atoms with van der Waals surface area (Å²) in [7, 11) is 0. The minimum Gasteiger partial charge on any atom is -0.381 e. The van der Waals surface area contributed by atoms with Crippen LogP contribution < -0.4 is 5.32 Å². The number of nitrogens with zero attached hydrogens (tertiary/aromatic N) is 2. The summed E-state index contributed by atoms with van der Waals surface area (Å²) in [5, 5.41) is 7.68. The molecule has 84 valence electrons. The third kappa shape index (κ3) is 3.32. The molecule has 1 fully saturated rings. The lowest BCUT2D eigenvalue weighted by molar-refractivity contribution is 0.185. The number of rotatable bonds is 5. The van der Waals surface area contributed by atoms with Gasteiger partial charge in [0.15, 0.2) is 0 Å². The minimum absolute atomic E-state index is 0.712. The maximum Gasteiger partial charge on any atom is 0.0534 e. The van der Waals surface area contributed by atoms with E-state index in [1.54, 1.807) is 0 Å². The van der Waals surface area contributed by atoms with Crippen LogP contribution in [0.1, 0.15) is 12.0 Å². The molecular formula is C11H19N3O. The van der Waals surface area contributed by atoms with Crippen LogP contribution in [0.2, 0.25) is 0 Å². The van der Waals surface area contributed by atoms with Crippen molar-refractivity contribution in [2.75, 3.05) is 26.3 Å². The van der Waals surface area contributed by atoms with Crippen LogP contribution in [0.25, 0.3) is 0 Å². The van der Waals surface area contributed by atoms with Crippen molar-refractivity contribution in [3.05, 3.63) is 18.0 Å². The summed E-state index contributed by atoms with van der Waals surface area (Å²) in [5.74, 6) is 0.712. The third-order valence-corrected chi connectivity index (χ3v) is 2.74. The van der Waals surface area contributed by atoms with Gasteiger partial charge in [0, 0.05) is 25.9 Å². The predicted octanol–water partition coefficient (Wildman–Crippen LogP) is 0.818. The zero-order valence-electron chi connectivity index (χ0n) is 9.28. The molecule has 0 amide bonds. The molecule has 1 aliphatic heterocycles. The highest BCUT2D eigenvalue weighted by Gasteiger charge is 2.14. The van der Waals surface area contributed by atoms with E-state index in [1.165, 1.54) is 12.0 Å². The van der Waals surface area contributed by atoms with Gasteiger partial charge in [-0.1, -0.05) is 0 Å². The second kappa shape index (κ2) is 5.28. The summed E-state index contributed by atoms with van der Waals surface area (Å²) in [5.41, 5.74) is 1.22. The lowest BCUT2D eigenvalue weighted by Gasteiger charge is -2.08. The highest BCUT2D eigenvalue weighted by Crippen LogP contribution is 2.10. The highest BCUT2D eigenvalue weighted by molar-refractivity contribution is 4.99. The second-order valence-electron chi connectivity index (χ2n) is 4.21. The summed E-state index contributed by atoms with van der Waals surface area (Å²) in [6.45, 7) is 6.92. The molecule has 1 atom stereocenters. The van der Waals surface area contributed by atoms with Gasteiger partial charge in [0.2, 0.25) is 0 Å². The predicted molar refractivity (Wildman–Crippen MR) is 58.8 cm³/mol. The fourth-order valence-electron chi connectivity index (χ4n) is 1.83. The molecule has 0 spiro atoms. The van der Waals surface area contributed by atoms with Crippen LogP contribution in [0.15, 0.2) is 12.4 Å². The summed E-state index contributed by atoms with van der Waals surface area (Å²) in [6, 6.07) is 0. The monoisotopic (exact) mass is 209 g/mol. The molecule has 1 aromatic rings. The van der Waals surface area contributed by atoms with Gasteiger partial charge in [0.1, 0.15) is 0 Å². The molecule has 0 saturated carbocycles. The Morgan fingerprint density at radius 3 is 3.27 bits per heavy atom. The highest BCUT2D eigenvalue weighted by atomic mass is 16.5. The molecule has 15 heavy (non-hydrogen) atoms. The van der Waals surface area contributed by atoms with Crippen molar-refractivity contribution in [3.63, 3.8) is 0 Å². The molecule has 2 rings (SSSR count). The van der Waals surface area contributed by atoms with Crippen LogP contribution in [0.5, 0.6) is 0 Å². The van der Waals surface area contributed by atoms with Crippen molar-refractivity contribution in [3.8, 4) is 0 Å². The quantitative estimate of drug-likeness (QED) is 0.730. The van der Waals surface area contributed by atoms with Crippen molar-refractivity contribution >= 4 is 0 Å². The van der Waals surface area contributed by atoms with Gasteiger partial charge in [-0.3, -0.25) is 4.68 Å². The third-order valence-electron chi connectivity index (χ3n) is 2.74. The molecule has 2 heterocycles. The number of aryl methyl sites for hydroxylation is 1. The fourth-order valence-corrected chi connectivity index (χ4v) is 1.83. The molecule has 4 nitrogen and oxygen atoms in total. The largest absolute Gasteiger partial charge is 0.381 e. The molecule has 0 aliphatic carbocycles. The van der Waals surface area contributed by atoms with Crippen LogP contribution in [0.3, 0.4) is 0 Å². The molecule has 1 N–H and O–H groups in total. The van der Waals surface area contributed by atoms with E-state index in [0.717, 1.165) is 32.8 Å². The van der Waals surface area contributed by atoms with Crippen molar-refractivity contribution in [1.82, 2.24) is 15.1 Å². The van der Waals surface area contributed by atoms with Crippen molar-refractivity contribution in [2.24, 2.45) is 5.92 Å². The summed E-state index contributed by atoms with van der Waals surface area (Å²) in [4.78, 5) is 0. The summed E-state index contributed by atoms with van der Waals surface area (Å²) >= 11 is 0. The Bertz CT molecular complexity index is 292. The molecule has 1 aliphatic rings. The minimum atomic E-state index is 0.712. The van der Waals surface area contributed by atoms with Crippen LogP contribution in [0, 0.1) is 12.8 Å². The normalized spacial score (nSPS) is 21.0. The Kier molecular flexibility index (Phi) is 3.75. The number of aromatic nitrogens is 2. The van der Waals surface area contributed by atoms with Crippen molar-refractivity contribution < 1.29 is 4.74 Å². The Morgan fingerprint density at radius 1 is 1.67 bits per heavy atom. The van der Waals surface area contributed by atoms with Crippen LogP contribution in [-0.4, -0.2) is 36.1 Å². The molecule has 0 aromatic carbocycles. The zero-order valence-corrected chi connectivity index (χ0v) is 9.28. The molecule has 1 saturated heterocycles. The van der Waals surface area contributed by atoms with Gasteiger partial charge >= 0.3 is 0 Å². The molecule has 1 unspecified atom stereocenters. The summed E-state index contributed by atoms with van der Waals surface area (Å²) in [6.07, 6.45) is 5.17. The van der Waals surface area contributed by atoms with E-state index in [1.807, 2.05) is 10.9 Å². The van der Waals surface area contributed by atoms with E-state index in [9.17, 15) is 0 Å². The van der Waals surface area contributed by atoms with E-state index in [2.05, 4.69) is 23.5 Å². The van der Waals surface area contributed by atoms with E-state index in [-0.39, 0.29) is 0 Å². The van der Waals surface area contributed by atoms with Crippen LogP contribution >= 0.6 is 0 Å². The van der Waals surface area contributed by atoms with Gasteiger partial charge in [-0.2, -0.15) is 5.10 Å². The summed E-state index contributed by atoms with van der Waals surface area (Å²) < 4.78 is 7.30. The maximum absolute atomic E-state index is 5.32. The first-order chi connectivity index (χ1) is 7.34. The van der Waals surface area contributed by atoms with Gasteiger partial charge in [-0.15, -0.1) is 0 Å². The zero-order chi connectivity index (χ0) is 10.5. The first kappa shape index (κ1) is 10.6. The number of hydrogen-bond acceptors (Lipinski definition) is 3. The smallest absolute Gasteiger partial charge is 0.0534 e. The van der Waals surface area contributed by atoms with E-state index < -0.39 is 0 Å². The number of nitrogens with one attached hydrogen (secondary N) is 1. The Hall–Kier alpha value is -0.870. The Balaban J connectivity index is 1.58. The second-order valence-corrected chi connectivity index (χ2v) is 4.21. The van der Waals surface area contributed by atoms with Gasteiger partial charge in [0.05, 0.1) is 19.3 Å². The van der Waals surface area contributed by atoms with E-state index in [4.69, 9.17) is 4.74 Å². The fraction of sp³-hybridized carbons (Fsp3) is 0.727. The standard InChI is InChI=1S/C11H19N3O/c1-10-6-13-14(8-10)4-3-12-7-11-2-5-15-9-11/h6,8,11-12H,2-5,7,9H2,1H3. The molecule has 4 heteroatoms. The number of ether oxygens (including phenoxy) is 1. The van der Waals surface area contributed by atoms with Gasteiger partial charge in [-0.25, -0.2) is 0 Å². The molecular weight excluding hydrogens is 190 g/mol. The first-order valence-electron chi connectivity index (χ1n) is 5.62. The maximum atomic E-state index is 5.32. The molecule has 0 bridgehead atoms. The van der Waals surface area contributed by atoms with E-state index >= 15 is 0 Å². The van der Waals surface area contributed by atoms with Gasteiger partial charge in [-0.05, 0) is 24.8 Å². The average molecular weight is 209 g/mol. The topological polar surface area (TPSA) is 39.1 Å². The molecule has 0 radical (unpaired) electrons. The van der Waals surface area contributed by atoms with Gasteiger partial charge < -0.3 is 10.1 Å². The average Bonchev–Trinajstić information content (AvgIpc) is 2.84.